The molecule has 0 rings (SSSR count). The summed E-state index contributed by atoms with van der Waals surface area (Å²) in [7, 11) is -3.69. The molecule has 8 heteroatoms. The molecule has 1 atom stereocenters. The smallest absolute Gasteiger partial charge is 0.390 e. The summed E-state index contributed by atoms with van der Waals surface area (Å²) in [6, 6.07) is -1.17. The third kappa shape index (κ3) is 8.93. The highest BCUT2D eigenvalue weighted by atomic mass is 32.2. The van der Waals surface area contributed by atoms with Gasteiger partial charge >= 0.3 is 6.18 Å². The van der Waals surface area contributed by atoms with Gasteiger partial charge in [-0.3, -0.25) is 0 Å². The maximum Gasteiger partial charge on any atom is 0.390 e. The van der Waals surface area contributed by atoms with Crippen LogP contribution in [0.3, 0.4) is 0 Å². The average Bonchev–Trinajstić information content (AvgIpc) is 1.98. The molecule has 0 aromatic heterocycles. The van der Waals surface area contributed by atoms with Crippen LogP contribution in [0.4, 0.5) is 13.2 Å². The summed E-state index contributed by atoms with van der Waals surface area (Å²) < 4.78 is 60.2. The fourth-order valence-electron chi connectivity index (χ4n) is 1.16. The van der Waals surface area contributed by atoms with Gasteiger partial charge in [0, 0.05) is 12.6 Å². The van der Waals surface area contributed by atoms with Crippen molar-refractivity contribution >= 4 is 10.0 Å². The molecule has 0 aromatic carbocycles. The first kappa shape index (κ1) is 15.7. The highest BCUT2D eigenvalue weighted by molar-refractivity contribution is 7.89. The van der Waals surface area contributed by atoms with E-state index in [1.165, 1.54) is 0 Å². The van der Waals surface area contributed by atoms with Crippen LogP contribution in [-0.4, -0.2) is 38.1 Å². The minimum absolute atomic E-state index is 0.131. The minimum atomic E-state index is -4.38. The predicted octanol–water partition coefficient (Wildman–Crippen LogP) is 1.02. The molecule has 4 nitrogen and oxygen atoms in total. The van der Waals surface area contributed by atoms with Crippen LogP contribution in [-0.2, 0) is 10.0 Å². The van der Waals surface area contributed by atoms with Crippen molar-refractivity contribution in [3.63, 3.8) is 0 Å². The molecular formula is C8H16F3NO3S. The third-order valence-corrected chi connectivity index (χ3v) is 3.33. The Hall–Kier alpha value is -0.340. The van der Waals surface area contributed by atoms with E-state index >= 15 is 0 Å². The van der Waals surface area contributed by atoms with Crippen LogP contribution in [0.1, 0.15) is 26.2 Å². The molecule has 0 fully saturated rings. The predicted molar refractivity (Wildman–Crippen MR) is 53.4 cm³/mol. The number of hydrogen-bond donors (Lipinski definition) is 2. The van der Waals surface area contributed by atoms with Gasteiger partial charge in [0.2, 0.25) is 10.0 Å². The van der Waals surface area contributed by atoms with Crippen molar-refractivity contribution < 1.29 is 26.7 Å². The lowest BCUT2D eigenvalue weighted by atomic mass is 10.2. The Balaban J connectivity index is 4.06. The molecule has 0 aliphatic carbocycles. The van der Waals surface area contributed by atoms with E-state index in [9.17, 15) is 21.6 Å². The Bertz CT molecular complexity index is 289. The Morgan fingerprint density at radius 1 is 1.31 bits per heavy atom. The van der Waals surface area contributed by atoms with Crippen molar-refractivity contribution in [1.29, 1.82) is 0 Å². The standard InChI is InChI=1S/C8H16F3NO3S/c1-7(6-8(9,10)11)12-16(14,15)5-3-2-4-13/h7,12-13H,2-6H2,1H3. The summed E-state index contributed by atoms with van der Waals surface area (Å²) in [5.41, 5.74) is 0. The molecule has 0 saturated carbocycles. The molecule has 0 aliphatic heterocycles. The van der Waals surface area contributed by atoms with Crippen LogP contribution < -0.4 is 4.72 Å². The zero-order chi connectivity index (χ0) is 12.8. The number of aliphatic hydroxyl groups excluding tert-OH is 1. The zero-order valence-corrected chi connectivity index (χ0v) is 9.74. The maximum atomic E-state index is 11.9. The summed E-state index contributed by atoms with van der Waals surface area (Å²) in [5.74, 6) is -0.268. The topological polar surface area (TPSA) is 66.4 Å². The first-order valence-corrected chi connectivity index (χ1v) is 6.49. The zero-order valence-electron chi connectivity index (χ0n) is 8.92. The van der Waals surface area contributed by atoms with Gasteiger partial charge in [-0.2, -0.15) is 13.2 Å². The van der Waals surface area contributed by atoms with Crippen LogP contribution in [0.2, 0.25) is 0 Å². The van der Waals surface area contributed by atoms with E-state index < -0.39 is 28.7 Å². The lowest BCUT2D eigenvalue weighted by Crippen LogP contribution is -2.37. The van der Waals surface area contributed by atoms with E-state index in [1.54, 1.807) is 0 Å². The maximum absolute atomic E-state index is 11.9. The van der Waals surface area contributed by atoms with Gasteiger partial charge in [-0.05, 0) is 19.8 Å². The van der Waals surface area contributed by atoms with Gasteiger partial charge in [0.1, 0.15) is 0 Å². The molecule has 98 valence electrons. The van der Waals surface area contributed by atoms with Crippen molar-refractivity contribution in [2.45, 2.75) is 38.4 Å². The van der Waals surface area contributed by atoms with E-state index in [0.29, 0.717) is 6.42 Å². The summed E-state index contributed by atoms with van der Waals surface area (Å²) in [4.78, 5) is 0. The van der Waals surface area contributed by atoms with Gasteiger partial charge in [-0.25, -0.2) is 13.1 Å². The van der Waals surface area contributed by atoms with Crippen LogP contribution in [0.5, 0.6) is 0 Å². The van der Waals surface area contributed by atoms with Crippen molar-refractivity contribution in [3.8, 4) is 0 Å². The SMILES string of the molecule is CC(CC(F)(F)F)NS(=O)(=O)CCCCO. The van der Waals surface area contributed by atoms with Gasteiger partial charge in [-0.15, -0.1) is 0 Å². The quantitative estimate of drug-likeness (QED) is 0.674. The number of aliphatic hydroxyl groups is 1. The number of hydrogen-bond acceptors (Lipinski definition) is 3. The first-order valence-electron chi connectivity index (χ1n) is 4.84. The number of alkyl halides is 3. The second-order valence-corrected chi connectivity index (χ2v) is 5.46. The Morgan fingerprint density at radius 3 is 2.31 bits per heavy atom. The molecule has 0 amide bonds. The summed E-state index contributed by atoms with van der Waals surface area (Å²) >= 11 is 0. The number of unbranched alkanes of at least 4 members (excludes halogenated alkanes) is 1. The van der Waals surface area contributed by atoms with Crippen molar-refractivity contribution in [2.75, 3.05) is 12.4 Å². The Morgan fingerprint density at radius 2 is 1.88 bits per heavy atom. The third-order valence-electron chi connectivity index (χ3n) is 1.74. The molecule has 16 heavy (non-hydrogen) atoms. The molecular weight excluding hydrogens is 247 g/mol. The monoisotopic (exact) mass is 263 g/mol. The van der Waals surface area contributed by atoms with Gasteiger partial charge in [0.05, 0.1) is 12.2 Å². The fourth-order valence-corrected chi connectivity index (χ4v) is 2.56. The largest absolute Gasteiger partial charge is 0.396 e. The fraction of sp³-hybridized carbons (Fsp3) is 1.00. The molecule has 1 unspecified atom stereocenters. The highest BCUT2D eigenvalue weighted by Crippen LogP contribution is 2.21. The Kier molecular flexibility index (Phi) is 6.27. The Labute approximate surface area is 92.9 Å². The second kappa shape index (κ2) is 6.41. The molecule has 0 saturated heterocycles. The van der Waals surface area contributed by atoms with Crippen LogP contribution in [0.25, 0.3) is 0 Å². The second-order valence-electron chi connectivity index (χ2n) is 3.59. The van der Waals surface area contributed by atoms with Gasteiger partial charge in [0.15, 0.2) is 0 Å². The lowest BCUT2D eigenvalue weighted by Gasteiger charge is -2.15. The number of nitrogens with one attached hydrogen (secondary N) is 1. The number of halogens is 3. The highest BCUT2D eigenvalue weighted by Gasteiger charge is 2.31. The molecule has 0 bridgehead atoms. The van der Waals surface area contributed by atoms with Gasteiger partial charge in [0.25, 0.3) is 0 Å². The minimum Gasteiger partial charge on any atom is -0.396 e. The van der Waals surface area contributed by atoms with Gasteiger partial charge < -0.3 is 5.11 Å². The van der Waals surface area contributed by atoms with E-state index in [1.807, 2.05) is 4.72 Å². The van der Waals surface area contributed by atoms with E-state index in [-0.39, 0.29) is 18.8 Å². The molecule has 0 spiro atoms. The molecule has 2 N–H and O–H groups in total. The molecule has 0 heterocycles. The molecule has 0 aromatic rings. The molecule has 0 aliphatic rings. The van der Waals surface area contributed by atoms with E-state index in [4.69, 9.17) is 5.11 Å². The lowest BCUT2D eigenvalue weighted by molar-refractivity contribution is -0.137. The van der Waals surface area contributed by atoms with Crippen LogP contribution in [0, 0.1) is 0 Å². The normalized spacial score (nSPS) is 15.1. The number of rotatable bonds is 7. The van der Waals surface area contributed by atoms with Crippen LogP contribution >= 0.6 is 0 Å². The molecule has 0 radical (unpaired) electrons. The van der Waals surface area contributed by atoms with E-state index in [0.717, 1.165) is 6.92 Å². The van der Waals surface area contributed by atoms with Crippen molar-refractivity contribution in [3.05, 3.63) is 0 Å². The summed E-state index contributed by atoms with van der Waals surface area (Å²) in [5, 5.41) is 8.43. The van der Waals surface area contributed by atoms with E-state index in [2.05, 4.69) is 0 Å². The first-order chi connectivity index (χ1) is 7.16. The summed E-state index contributed by atoms with van der Waals surface area (Å²) in [6.07, 6.45) is -5.03. The average molecular weight is 263 g/mol. The van der Waals surface area contributed by atoms with Crippen LogP contribution in [0.15, 0.2) is 0 Å². The van der Waals surface area contributed by atoms with Gasteiger partial charge in [-0.1, -0.05) is 0 Å². The summed E-state index contributed by atoms with van der Waals surface area (Å²) in [6.45, 7) is 1.03. The number of sulfonamides is 1. The van der Waals surface area contributed by atoms with Crippen molar-refractivity contribution in [1.82, 2.24) is 4.72 Å². The van der Waals surface area contributed by atoms with Crippen molar-refractivity contribution in [2.24, 2.45) is 0 Å².